The fourth-order valence-electron chi connectivity index (χ4n) is 1.97. The van der Waals surface area contributed by atoms with E-state index in [1.54, 1.807) is 30.1 Å². The van der Waals surface area contributed by atoms with E-state index < -0.39 is 0 Å². The molecule has 1 aromatic heterocycles. The van der Waals surface area contributed by atoms with Gasteiger partial charge in [-0.3, -0.25) is 4.79 Å². The highest BCUT2D eigenvalue weighted by atomic mass is 32.2. The number of hydrogen-bond donors (Lipinski definition) is 1. The van der Waals surface area contributed by atoms with E-state index in [0.717, 1.165) is 23.0 Å². The quantitative estimate of drug-likeness (QED) is 0.797. The molecule has 2 rings (SSSR count). The Labute approximate surface area is 135 Å². The normalized spacial score (nSPS) is 10.5. The number of imidazole rings is 1. The minimum absolute atomic E-state index is 0.103. The number of carbonyl (C=O) groups excluding carboxylic acids is 1. The summed E-state index contributed by atoms with van der Waals surface area (Å²) in [5.41, 5.74) is 1.59. The van der Waals surface area contributed by atoms with Gasteiger partial charge in [-0.15, -0.1) is 0 Å². The highest BCUT2D eigenvalue weighted by molar-refractivity contribution is 7.98. The zero-order valence-electron chi connectivity index (χ0n) is 13.1. The molecule has 118 valence electrons. The third-order valence-corrected chi connectivity index (χ3v) is 3.99. The van der Waals surface area contributed by atoms with Crippen molar-refractivity contribution in [2.24, 2.45) is 7.05 Å². The molecule has 1 amide bonds. The first-order chi connectivity index (χ1) is 10.7. The third kappa shape index (κ3) is 4.04. The van der Waals surface area contributed by atoms with Crippen LogP contribution in [0.1, 0.15) is 29.4 Å². The molecule has 0 atom stereocenters. The van der Waals surface area contributed by atoms with Crippen molar-refractivity contribution >= 4 is 17.7 Å². The predicted molar refractivity (Wildman–Crippen MR) is 88.4 cm³/mol. The number of benzene rings is 1. The van der Waals surface area contributed by atoms with Crippen LogP contribution in [0.2, 0.25) is 0 Å². The monoisotopic (exact) mass is 319 g/mol. The van der Waals surface area contributed by atoms with Gasteiger partial charge >= 0.3 is 0 Å². The van der Waals surface area contributed by atoms with Crippen molar-refractivity contribution < 1.29 is 9.53 Å². The fraction of sp³-hybridized carbons (Fsp3) is 0.375. The predicted octanol–water partition coefficient (Wildman–Crippen LogP) is 2.86. The van der Waals surface area contributed by atoms with Crippen LogP contribution in [0.5, 0.6) is 5.75 Å². The van der Waals surface area contributed by atoms with Gasteiger partial charge in [-0.05, 0) is 36.9 Å². The maximum Gasteiger partial charge on any atom is 0.251 e. The Morgan fingerprint density at radius 2 is 2.09 bits per heavy atom. The van der Waals surface area contributed by atoms with Crippen molar-refractivity contribution in [1.82, 2.24) is 14.9 Å². The maximum absolute atomic E-state index is 12.1. The van der Waals surface area contributed by atoms with Crippen LogP contribution in [0.4, 0.5) is 0 Å². The molecule has 0 unspecified atom stereocenters. The summed E-state index contributed by atoms with van der Waals surface area (Å²) in [4.78, 5) is 16.4. The van der Waals surface area contributed by atoms with Crippen molar-refractivity contribution in [3.05, 3.63) is 41.7 Å². The molecule has 1 N–H and O–H groups in total. The molecule has 0 radical (unpaired) electrons. The molecule has 0 bridgehead atoms. The van der Waals surface area contributed by atoms with Gasteiger partial charge in [0.1, 0.15) is 5.75 Å². The Hall–Kier alpha value is -1.95. The van der Waals surface area contributed by atoms with E-state index in [2.05, 4.69) is 17.2 Å². The number of ether oxygens (including phenoxy) is 1. The number of amides is 1. The summed E-state index contributed by atoms with van der Waals surface area (Å²) in [6.45, 7) is 3.20. The number of rotatable bonds is 7. The molecule has 0 aliphatic rings. The second kappa shape index (κ2) is 7.89. The van der Waals surface area contributed by atoms with Crippen molar-refractivity contribution in [2.45, 2.75) is 25.0 Å². The maximum atomic E-state index is 12.1. The molecular formula is C16H21N3O2S. The van der Waals surface area contributed by atoms with Crippen molar-refractivity contribution in [2.75, 3.05) is 12.9 Å². The molecule has 22 heavy (non-hydrogen) atoms. The topological polar surface area (TPSA) is 56.1 Å². The van der Waals surface area contributed by atoms with E-state index in [1.807, 2.05) is 30.0 Å². The van der Waals surface area contributed by atoms with Crippen molar-refractivity contribution in [3.8, 4) is 5.75 Å². The summed E-state index contributed by atoms with van der Waals surface area (Å²) in [5, 5.41) is 3.84. The molecule has 2 aromatic rings. The highest BCUT2D eigenvalue weighted by Crippen LogP contribution is 2.14. The Morgan fingerprint density at radius 1 is 1.36 bits per heavy atom. The molecule has 0 saturated carbocycles. The summed E-state index contributed by atoms with van der Waals surface area (Å²) in [7, 11) is 1.94. The summed E-state index contributed by atoms with van der Waals surface area (Å²) in [6.07, 6.45) is 4.73. The molecule has 5 nitrogen and oxygen atoms in total. The molecule has 0 saturated heterocycles. The van der Waals surface area contributed by atoms with E-state index in [0.29, 0.717) is 18.7 Å². The molecule has 0 aliphatic carbocycles. The van der Waals surface area contributed by atoms with Crippen LogP contribution in [0, 0.1) is 0 Å². The molecule has 1 heterocycles. The number of nitrogens with zero attached hydrogens (tertiary/aromatic N) is 2. The second-order valence-electron chi connectivity index (χ2n) is 4.85. The Balaban J connectivity index is 1.92. The molecule has 0 aliphatic heterocycles. The van der Waals surface area contributed by atoms with Crippen LogP contribution in [0.15, 0.2) is 35.6 Å². The van der Waals surface area contributed by atoms with E-state index in [1.165, 1.54) is 0 Å². The molecule has 6 heteroatoms. The highest BCUT2D eigenvalue weighted by Gasteiger charge is 2.09. The number of hydrogen-bond acceptors (Lipinski definition) is 4. The molecule has 0 fully saturated rings. The lowest BCUT2D eigenvalue weighted by Crippen LogP contribution is -2.23. The van der Waals surface area contributed by atoms with E-state index in [9.17, 15) is 4.79 Å². The number of nitrogens with one attached hydrogen (secondary N) is 1. The van der Waals surface area contributed by atoms with Crippen molar-refractivity contribution in [1.29, 1.82) is 0 Å². The van der Waals surface area contributed by atoms with E-state index in [4.69, 9.17) is 4.74 Å². The SMILES string of the molecule is CCCOc1ccc(C(=O)NCc2cnc(SC)n2C)cc1. The number of carbonyl (C=O) groups is 1. The lowest BCUT2D eigenvalue weighted by atomic mass is 10.2. The summed E-state index contributed by atoms with van der Waals surface area (Å²) in [6, 6.07) is 7.19. The average molecular weight is 319 g/mol. The Kier molecular flexibility index (Phi) is 5.89. The van der Waals surface area contributed by atoms with E-state index >= 15 is 0 Å². The molecule has 1 aromatic carbocycles. The zero-order valence-corrected chi connectivity index (χ0v) is 13.9. The lowest BCUT2D eigenvalue weighted by molar-refractivity contribution is 0.0950. The van der Waals surface area contributed by atoms with Gasteiger partial charge in [-0.2, -0.15) is 0 Å². The van der Waals surface area contributed by atoms with Crippen LogP contribution in [0.25, 0.3) is 0 Å². The number of thioether (sulfide) groups is 1. The van der Waals surface area contributed by atoms with Crippen LogP contribution < -0.4 is 10.1 Å². The Morgan fingerprint density at radius 3 is 2.68 bits per heavy atom. The smallest absolute Gasteiger partial charge is 0.251 e. The minimum Gasteiger partial charge on any atom is -0.494 e. The number of aromatic nitrogens is 2. The van der Waals surface area contributed by atoms with Gasteiger partial charge in [0.05, 0.1) is 25.0 Å². The zero-order chi connectivity index (χ0) is 15.9. The molecular weight excluding hydrogens is 298 g/mol. The van der Waals surface area contributed by atoms with Crippen LogP contribution in [-0.4, -0.2) is 28.3 Å². The van der Waals surface area contributed by atoms with Gasteiger partial charge in [0, 0.05) is 12.6 Å². The lowest BCUT2D eigenvalue weighted by Gasteiger charge is -2.08. The average Bonchev–Trinajstić information content (AvgIpc) is 2.91. The molecule has 0 spiro atoms. The summed E-state index contributed by atoms with van der Waals surface area (Å²) >= 11 is 1.58. The first kappa shape index (κ1) is 16.4. The van der Waals surface area contributed by atoms with Gasteiger partial charge in [0.2, 0.25) is 0 Å². The van der Waals surface area contributed by atoms with Gasteiger partial charge in [0.15, 0.2) is 5.16 Å². The summed E-state index contributed by atoms with van der Waals surface area (Å²) in [5.74, 6) is 0.684. The van der Waals surface area contributed by atoms with Crippen LogP contribution in [-0.2, 0) is 13.6 Å². The standard InChI is InChI=1S/C16H21N3O2S/c1-4-9-21-14-7-5-12(6-8-14)15(20)17-10-13-11-18-16(22-3)19(13)2/h5-8,11H,4,9-10H2,1-3H3,(H,17,20). The first-order valence-corrected chi connectivity index (χ1v) is 8.43. The second-order valence-corrected chi connectivity index (χ2v) is 5.62. The van der Waals surface area contributed by atoms with Gasteiger partial charge < -0.3 is 14.6 Å². The largest absolute Gasteiger partial charge is 0.494 e. The minimum atomic E-state index is -0.103. The van der Waals surface area contributed by atoms with Gasteiger partial charge in [-0.1, -0.05) is 18.7 Å². The first-order valence-electron chi connectivity index (χ1n) is 7.21. The van der Waals surface area contributed by atoms with Gasteiger partial charge in [0.25, 0.3) is 5.91 Å². The van der Waals surface area contributed by atoms with Crippen molar-refractivity contribution in [3.63, 3.8) is 0 Å². The fourth-order valence-corrected chi connectivity index (χ4v) is 2.52. The van der Waals surface area contributed by atoms with E-state index in [-0.39, 0.29) is 5.91 Å². The van der Waals surface area contributed by atoms with Crippen LogP contribution >= 0.6 is 11.8 Å². The third-order valence-electron chi connectivity index (χ3n) is 3.24. The van der Waals surface area contributed by atoms with Gasteiger partial charge in [-0.25, -0.2) is 4.98 Å². The van der Waals surface area contributed by atoms with Crippen LogP contribution in [0.3, 0.4) is 0 Å². The Bertz CT molecular complexity index is 623. The summed E-state index contributed by atoms with van der Waals surface area (Å²) < 4.78 is 7.48.